The number of hydrogen-bond acceptors (Lipinski definition) is 5. The average molecular weight is 325 g/mol. The minimum absolute atomic E-state index is 0. The van der Waals surface area contributed by atoms with Crippen LogP contribution in [0.4, 0.5) is 4.79 Å². The molecule has 8 nitrogen and oxygen atoms in total. The first-order chi connectivity index (χ1) is 10.5. The molecule has 1 atom stereocenters. The quantitative estimate of drug-likeness (QED) is 0.306. The number of aliphatic carboxylic acids is 1. The molecule has 0 fully saturated rings. The molecule has 2 amide bonds. The zero-order valence-electron chi connectivity index (χ0n) is 12.9. The van der Waals surface area contributed by atoms with E-state index in [0.29, 0.717) is 19.4 Å². The van der Waals surface area contributed by atoms with Crippen LogP contribution in [0.2, 0.25) is 0 Å². The number of carbonyl (C=O) groups is 3. The van der Waals surface area contributed by atoms with Gasteiger partial charge in [-0.2, -0.15) is 0 Å². The number of benzene rings is 1. The summed E-state index contributed by atoms with van der Waals surface area (Å²) in [5.74, 6) is -3.16. The first kappa shape index (κ1) is 20.4. The van der Waals surface area contributed by atoms with Crippen molar-refractivity contribution in [1.82, 2.24) is 11.5 Å². The number of unbranched alkanes of at least 4 members (excludes halogenated alkanes) is 1. The number of nitrogens with two attached hydrogens (primary N) is 1. The number of rotatable bonds is 9. The number of primary amides is 1. The van der Waals surface area contributed by atoms with Gasteiger partial charge in [-0.1, -0.05) is 36.8 Å². The Morgan fingerprint density at radius 3 is 2.39 bits per heavy atom. The highest BCUT2D eigenvalue weighted by molar-refractivity contribution is 5.93. The molecule has 0 bridgehead atoms. The van der Waals surface area contributed by atoms with Gasteiger partial charge in [-0.15, -0.1) is 0 Å². The van der Waals surface area contributed by atoms with Crippen LogP contribution in [0, 0.1) is 5.92 Å². The van der Waals surface area contributed by atoms with Crippen molar-refractivity contribution in [2.24, 2.45) is 11.7 Å². The zero-order valence-corrected chi connectivity index (χ0v) is 12.9. The summed E-state index contributed by atoms with van der Waals surface area (Å²) in [5, 5.41) is 11.5. The van der Waals surface area contributed by atoms with E-state index in [4.69, 9.17) is 15.6 Å². The smallest absolute Gasteiger partial charge is 0.320 e. The van der Waals surface area contributed by atoms with Gasteiger partial charge >= 0.3 is 18.0 Å². The number of urea groups is 1. The number of carboxylic acid groups (broad SMARTS) is 1. The molecule has 1 aromatic rings. The van der Waals surface area contributed by atoms with Gasteiger partial charge in [0.2, 0.25) is 0 Å². The second-order valence-electron chi connectivity index (χ2n) is 4.77. The molecule has 7 N–H and O–H groups in total. The van der Waals surface area contributed by atoms with Crippen LogP contribution in [-0.4, -0.2) is 29.6 Å². The van der Waals surface area contributed by atoms with E-state index in [9.17, 15) is 14.4 Å². The second-order valence-corrected chi connectivity index (χ2v) is 4.77. The van der Waals surface area contributed by atoms with Crippen LogP contribution in [0.3, 0.4) is 0 Å². The minimum Gasteiger partial charge on any atom is -0.481 e. The molecule has 8 heteroatoms. The summed E-state index contributed by atoms with van der Waals surface area (Å²) < 4.78 is 5.04. The summed E-state index contributed by atoms with van der Waals surface area (Å²) in [6, 6.07) is 8.41. The fraction of sp³-hybridized carbons (Fsp3) is 0.400. The van der Waals surface area contributed by atoms with Gasteiger partial charge in [0.25, 0.3) is 0 Å². The molecule has 1 aromatic carbocycles. The molecular formula is C15H23N3O5. The van der Waals surface area contributed by atoms with Gasteiger partial charge in [0.05, 0.1) is 0 Å². The van der Waals surface area contributed by atoms with Crippen molar-refractivity contribution in [1.29, 1.82) is 0 Å². The first-order valence-corrected chi connectivity index (χ1v) is 6.97. The van der Waals surface area contributed by atoms with Crippen molar-refractivity contribution in [3.05, 3.63) is 35.9 Å². The standard InChI is InChI=1S/C15H20N2O5.H3N/c16-15(21)17-9-5-4-8-12(13(18)19)14(20)22-10-11-6-2-1-3-7-11;/h1-3,6-7,12H,4-5,8-10H2,(H,18,19)(H3,16,17,21);1H3. The predicted octanol–water partition coefficient (Wildman–Crippen LogP) is 1.43. The molecule has 0 spiro atoms. The van der Waals surface area contributed by atoms with Crippen LogP contribution in [0.5, 0.6) is 0 Å². The van der Waals surface area contributed by atoms with E-state index in [1.165, 1.54) is 0 Å². The Kier molecular flexibility index (Phi) is 9.77. The number of nitrogens with one attached hydrogen (secondary N) is 1. The zero-order chi connectivity index (χ0) is 16.4. The Balaban J connectivity index is 0.00000484. The van der Waals surface area contributed by atoms with Gasteiger partial charge in [-0.05, 0) is 18.4 Å². The molecule has 0 aliphatic heterocycles. The summed E-state index contributed by atoms with van der Waals surface area (Å²) in [6.07, 6.45) is 1.17. The summed E-state index contributed by atoms with van der Waals surface area (Å²) in [5.41, 5.74) is 5.70. The van der Waals surface area contributed by atoms with E-state index in [0.717, 1.165) is 5.56 Å². The summed E-state index contributed by atoms with van der Waals surface area (Å²) in [7, 11) is 0. The van der Waals surface area contributed by atoms with Crippen LogP contribution >= 0.6 is 0 Å². The van der Waals surface area contributed by atoms with E-state index in [-0.39, 0.29) is 19.2 Å². The van der Waals surface area contributed by atoms with Crippen molar-refractivity contribution in [3.8, 4) is 0 Å². The molecule has 0 saturated carbocycles. The first-order valence-electron chi connectivity index (χ1n) is 6.97. The lowest BCUT2D eigenvalue weighted by molar-refractivity contribution is -0.160. The molecule has 0 aliphatic rings. The molecule has 0 aliphatic carbocycles. The van der Waals surface area contributed by atoms with E-state index in [1.807, 2.05) is 18.2 Å². The van der Waals surface area contributed by atoms with Crippen LogP contribution in [-0.2, 0) is 20.9 Å². The molecule has 1 unspecified atom stereocenters. The predicted molar refractivity (Wildman–Crippen MR) is 83.8 cm³/mol. The maximum absolute atomic E-state index is 11.8. The fourth-order valence-corrected chi connectivity index (χ4v) is 1.86. The van der Waals surface area contributed by atoms with Crippen LogP contribution in [0.25, 0.3) is 0 Å². The highest BCUT2D eigenvalue weighted by atomic mass is 16.5. The van der Waals surface area contributed by atoms with Gasteiger partial charge < -0.3 is 27.0 Å². The number of carboxylic acids is 1. The van der Waals surface area contributed by atoms with E-state index in [1.54, 1.807) is 12.1 Å². The van der Waals surface area contributed by atoms with Crippen molar-refractivity contribution in [2.45, 2.75) is 25.9 Å². The average Bonchev–Trinajstić information content (AvgIpc) is 2.48. The summed E-state index contributed by atoms with van der Waals surface area (Å²) in [6.45, 7) is 0.396. The second kappa shape index (κ2) is 11.0. The molecule has 0 heterocycles. The van der Waals surface area contributed by atoms with Gasteiger partial charge in [0.15, 0.2) is 5.92 Å². The molecule has 0 aromatic heterocycles. The monoisotopic (exact) mass is 325 g/mol. The highest BCUT2D eigenvalue weighted by Gasteiger charge is 2.27. The van der Waals surface area contributed by atoms with Crippen molar-refractivity contribution in [2.75, 3.05) is 6.54 Å². The topological polar surface area (TPSA) is 154 Å². The van der Waals surface area contributed by atoms with Gasteiger partial charge in [0.1, 0.15) is 6.61 Å². The van der Waals surface area contributed by atoms with Crippen molar-refractivity contribution < 1.29 is 24.2 Å². The maximum atomic E-state index is 11.8. The number of hydrogen-bond donors (Lipinski definition) is 4. The molecule has 128 valence electrons. The SMILES string of the molecule is N.NC(=O)NCCCCC(C(=O)O)C(=O)OCc1ccccc1. The Labute approximate surface area is 134 Å². The van der Waals surface area contributed by atoms with Gasteiger partial charge in [0, 0.05) is 6.54 Å². The van der Waals surface area contributed by atoms with Crippen LogP contribution in [0.15, 0.2) is 30.3 Å². The largest absolute Gasteiger partial charge is 0.481 e. The summed E-state index contributed by atoms with van der Waals surface area (Å²) in [4.78, 5) is 33.4. The maximum Gasteiger partial charge on any atom is 0.320 e. The van der Waals surface area contributed by atoms with Crippen LogP contribution < -0.4 is 17.2 Å². The van der Waals surface area contributed by atoms with E-state index in [2.05, 4.69) is 5.32 Å². The van der Waals surface area contributed by atoms with Crippen LogP contribution in [0.1, 0.15) is 24.8 Å². The van der Waals surface area contributed by atoms with Gasteiger partial charge in [-0.25, -0.2) is 4.79 Å². The minimum atomic E-state index is -1.21. The number of amides is 2. The van der Waals surface area contributed by atoms with Crippen molar-refractivity contribution >= 4 is 18.0 Å². The number of ether oxygens (including phenoxy) is 1. The molecule has 0 saturated heterocycles. The highest BCUT2D eigenvalue weighted by Crippen LogP contribution is 2.12. The lowest BCUT2D eigenvalue weighted by Gasteiger charge is -2.12. The Bertz CT molecular complexity index is 507. The Hall–Kier alpha value is -2.61. The van der Waals surface area contributed by atoms with Gasteiger partial charge in [-0.3, -0.25) is 9.59 Å². The molecular weight excluding hydrogens is 302 g/mol. The third-order valence-corrected chi connectivity index (χ3v) is 3.03. The fourth-order valence-electron chi connectivity index (χ4n) is 1.86. The molecule has 23 heavy (non-hydrogen) atoms. The van der Waals surface area contributed by atoms with Crippen molar-refractivity contribution in [3.63, 3.8) is 0 Å². The lowest BCUT2D eigenvalue weighted by atomic mass is 10.0. The number of carbonyl (C=O) groups excluding carboxylic acids is 2. The Morgan fingerprint density at radius 2 is 1.83 bits per heavy atom. The third-order valence-electron chi connectivity index (χ3n) is 3.03. The summed E-state index contributed by atoms with van der Waals surface area (Å²) >= 11 is 0. The molecule has 1 rings (SSSR count). The molecule has 0 radical (unpaired) electrons. The third kappa shape index (κ3) is 8.42. The normalized spacial score (nSPS) is 11.0. The van der Waals surface area contributed by atoms with E-state index < -0.39 is 23.9 Å². The van der Waals surface area contributed by atoms with E-state index >= 15 is 0 Å². The lowest BCUT2D eigenvalue weighted by Crippen LogP contribution is -2.30. The Morgan fingerprint density at radius 1 is 1.17 bits per heavy atom. The number of esters is 1.